The molecule has 0 bridgehead atoms. The topological polar surface area (TPSA) is 77.5 Å². The molecule has 136 valence electrons. The quantitative estimate of drug-likeness (QED) is 0.580. The Hall–Kier alpha value is -2.44. The smallest absolute Gasteiger partial charge is 0.246 e. The fourth-order valence-electron chi connectivity index (χ4n) is 3.91. The Morgan fingerprint density at radius 1 is 1.15 bits per heavy atom. The minimum Gasteiger partial charge on any atom is -0.354 e. The second kappa shape index (κ2) is 7.43. The average Bonchev–Trinajstić information content (AvgIpc) is 2.73. The van der Waals surface area contributed by atoms with Crippen LogP contribution in [0.4, 0.5) is 5.82 Å². The van der Waals surface area contributed by atoms with Crippen LogP contribution in [0.25, 0.3) is 11.1 Å². The van der Waals surface area contributed by atoms with Crippen molar-refractivity contribution in [3.8, 4) is 11.1 Å². The zero-order valence-electron chi connectivity index (χ0n) is 14.7. The minimum absolute atomic E-state index is 0.140. The van der Waals surface area contributed by atoms with Crippen LogP contribution in [0.2, 0.25) is 0 Å². The molecule has 1 fully saturated rings. The molecule has 1 aromatic heterocycles. The lowest BCUT2D eigenvalue weighted by Crippen LogP contribution is -2.43. The van der Waals surface area contributed by atoms with E-state index in [-0.39, 0.29) is 11.8 Å². The number of piperazine rings is 1. The number of anilines is 1. The fraction of sp³-hybridized carbons (Fsp3) is 0.400. The third kappa shape index (κ3) is 3.43. The summed E-state index contributed by atoms with van der Waals surface area (Å²) in [7, 11) is 0. The molecule has 1 aliphatic heterocycles. The lowest BCUT2D eigenvalue weighted by molar-refractivity contribution is -0.133. The lowest BCUT2D eigenvalue weighted by Gasteiger charge is -2.28. The molecule has 1 aliphatic carbocycles. The van der Waals surface area contributed by atoms with Crippen LogP contribution >= 0.6 is 0 Å². The van der Waals surface area contributed by atoms with Gasteiger partial charge in [0.15, 0.2) is 0 Å². The van der Waals surface area contributed by atoms with E-state index in [0.29, 0.717) is 6.42 Å². The SMILES string of the molecule is O=C(NO)C1CCc2cc(-c3ccnc(N4CCNCC4)c3)ccc2C1. The Morgan fingerprint density at radius 3 is 2.77 bits per heavy atom. The number of amides is 1. The van der Waals surface area contributed by atoms with Crippen LogP contribution in [0, 0.1) is 5.92 Å². The number of benzene rings is 1. The third-order valence-corrected chi connectivity index (χ3v) is 5.44. The standard InChI is InChI=1S/C20H24N4O2/c25-20(23-26)18-4-3-14-11-15(1-2-16(14)12-18)17-5-6-22-19(13-17)24-9-7-21-8-10-24/h1-2,5-6,11,13,18,21,26H,3-4,7-10,12H2,(H,23,25). The van der Waals surface area contributed by atoms with Crippen LogP contribution in [0.1, 0.15) is 17.5 Å². The van der Waals surface area contributed by atoms with Crippen molar-refractivity contribution in [1.82, 2.24) is 15.8 Å². The molecule has 1 aromatic carbocycles. The molecule has 3 N–H and O–H groups in total. The van der Waals surface area contributed by atoms with Gasteiger partial charge in [0.2, 0.25) is 5.91 Å². The summed E-state index contributed by atoms with van der Waals surface area (Å²) in [4.78, 5) is 18.5. The van der Waals surface area contributed by atoms with E-state index in [1.165, 1.54) is 22.3 Å². The Balaban J connectivity index is 1.57. The summed E-state index contributed by atoms with van der Waals surface area (Å²) in [6, 6.07) is 10.7. The first-order valence-electron chi connectivity index (χ1n) is 9.22. The van der Waals surface area contributed by atoms with Crippen LogP contribution in [0.3, 0.4) is 0 Å². The summed E-state index contributed by atoms with van der Waals surface area (Å²) >= 11 is 0. The van der Waals surface area contributed by atoms with E-state index >= 15 is 0 Å². The lowest BCUT2D eigenvalue weighted by atomic mass is 9.82. The van der Waals surface area contributed by atoms with Crippen LogP contribution in [-0.4, -0.2) is 42.3 Å². The van der Waals surface area contributed by atoms with Crippen molar-refractivity contribution in [2.24, 2.45) is 5.92 Å². The zero-order valence-corrected chi connectivity index (χ0v) is 14.7. The first-order valence-corrected chi connectivity index (χ1v) is 9.22. The Morgan fingerprint density at radius 2 is 1.96 bits per heavy atom. The first-order chi connectivity index (χ1) is 12.7. The molecule has 6 nitrogen and oxygen atoms in total. The van der Waals surface area contributed by atoms with Gasteiger partial charge in [0, 0.05) is 38.3 Å². The van der Waals surface area contributed by atoms with Crippen molar-refractivity contribution in [3.63, 3.8) is 0 Å². The highest BCUT2D eigenvalue weighted by Gasteiger charge is 2.24. The first kappa shape index (κ1) is 17.0. The minimum atomic E-state index is -0.283. The summed E-state index contributed by atoms with van der Waals surface area (Å²) in [6.07, 6.45) is 4.19. The summed E-state index contributed by atoms with van der Waals surface area (Å²) in [6.45, 7) is 3.95. The van der Waals surface area contributed by atoms with E-state index < -0.39 is 0 Å². The van der Waals surface area contributed by atoms with Gasteiger partial charge in [0.1, 0.15) is 5.82 Å². The van der Waals surface area contributed by atoms with Crippen molar-refractivity contribution >= 4 is 11.7 Å². The molecule has 1 unspecified atom stereocenters. The average molecular weight is 352 g/mol. The maximum absolute atomic E-state index is 11.7. The van der Waals surface area contributed by atoms with Gasteiger partial charge >= 0.3 is 0 Å². The predicted octanol–water partition coefficient (Wildman–Crippen LogP) is 1.77. The second-order valence-corrected chi connectivity index (χ2v) is 7.04. The largest absolute Gasteiger partial charge is 0.354 e. The molecule has 1 amide bonds. The molecular formula is C20H24N4O2. The zero-order chi connectivity index (χ0) is 17.9. The van der Waals surface area contributed by atoms with E-state index in [2.05, 4.69) is 45.5 Å². The highest BCUT2D eigenvalue weighted by molar-refractivity contribution is 5.78. The van der Waals surface area contributed by atoms with Gasteiger partial charge in [-0.1, -0.05) is 18.2 Å². The second-order valence-electron chi connectivity index (χ2n) is 7.04. The molecule has 0 radical (unpaired) electrons. The Bertz CT molecular complexity index is 802. The molecule has 26 heavy (non-hydrogen) atoms. The predicted molar refractivity (Wildman–Crippen MR) is 100 cm³/mol. The highest BCUT2D eigenvalue weighted by atomic mass is 16.5. The normalized spacial score (nSPS) is 19.7. The van der Waals surface area contributed by atoms with Gasteiger partial charge < -0.3 is 10.2 Å². The number of aryl methyl sites for hydroxylation is 1. The molecule has 2 aromatic rings. The molecule has 2 aliphatic rings. The van der Waals surface area contributed by atoms with Crippen molar-refractivity contribution < 1.29 is 10.0 Å². The molecule has 0 spiro atoms. The number of rotatable bonds is 3. The summed E-state index contributed by atoms with van der Waals surface area (Å²) in [5, 5.41) is 12.2. The van der Waals surface area contributed by atoms with Gasteiger partial charge in [-0.2, -0.15) is 0 Å². The van der Waals surface area contributed by atoms with Gasteiger partial charge in [-0.3, -0.25) is 10.0 Å². The summed E-state index contributed by atoms with van der Waals surface area (Å²) in [5.41, 5.74) is 6.64. The van der Waals surface area contributed by atoms with Crippen molar-refractivity contribution in [3.05, 3.63) is 47.7 Å². The summed E-state index contributed by atoms with van der Waals surface area (Å²) < 4.78 is 0. The third-order valence-electron chi connectivity index (χ3n) is 5.44. The number of nitrogens with one attached hydrogen (secondary N) is 2. The van der Waals surface area contributed by atoms with Crippen LogP contribution in [0.5, 0.6) is 0 Å². The Kier molecular flexibility index (Phi) is 4.86. The number of aromatic nitrogens is 1. The Labute approximate surface area is 153 Å². The van der Waals surface area contributed by atoms with Crippen LogP contribution < -0.4 is 15.7 Å². The maximum atomic E-state index is 11.7. The monoisotopic (exact) mass is 352 g/mol. The van der Waals surface area contributed by atoms with E-state index in [4.69, 9.17) is 5.21 Å². The fourth-order valence-corrected chi connectivity index (χ4v) is 3.91. The van der Waals surface area contributed by atoms with Gasteiger partial charge in [-0.15, -0.1) is 0 Å². The molecule has 2 heterocycles. The number of carbonyl (C=O) groups is 1. The highest BCUT2D eigenvalue weighted by Crippen LogP contribution is 2.31. The van der Waals surface area contributed by atoms with Gasteiger partial charge in [0.25, 0.3) is 0 Å². The summed E-state index contributed by atoms with van der Waals surface area (Å²) in [5.74, 6) is 0.606. The van der Waals surface area contributed by atoms with E-state index in [9.17, 15) is 4.79 Å². The van der Waals surface area contributed by atoms with Crippen molar-refractivity contribution in [2.75, 3.05) is 31.1 Å². The number of nitrogens with zero attached hydrogens (tertiary/aromatic N) is 2. The number of pyridine rings is 1. The number of hydrogen-bond acceptors (Lipinski definition) is 5. The molecule has 6 heteroatoms. The van der Waals surface area contributed by atoms with E-state index in [0.717, 1.165) is 44.8 Å². The van der Waals surface area contributed by atoms with Gasteiger partial charge in [0.05, 0.1) is 0 Å². The molecular weight excluding hydrogens is 328 g/mol. The molecule has 1 atom stereocenters. The number of hydroxylamine groups is 1. The number of carbonyl (C=O) groups excluding carboxylic acids is 1. The molecule has 1 saturated heterocycles. The van der Waals surface area contributed by atoms with Crippen LogP contribution in [-0.2, 0) is 17.6 Å². The molecule has 4 rings (SSSR count). The number of hydrogen-bond donors (Lipinski definition) is 3. The van der Waals surface area contributed by atoms with Gasteiger partial charge in [-0.25, -0.2) is 10.5 Å². The van der Waals surface area contributed by atoms with Crippen molar-refractivity contribution in [1.29, 1.82) is 0 Å². The van der Waals surface area contributed by atoms with Crippen molar-refractivity contribution in [2.45, 2.75) is 19.3 Å². The maximum Gasteiger partial charge on any atom is 0.246 e. The van der Waals surface area contributed by atoms with E-state index in [1.807, 2.05) is 6.20 Å². The number of fused-ring (bicyclic) bond motifs is 1. The van der Waals surface area contributed by atoms with Gasteiger partial charge in [-0.05, 0) is 53.6 Å². The van der Waals surface area contributed by atoms with E-state index in [1.54, 1.807) is 5.48 Å². The molecule has 0 saturated carbocycles. The van der Waals surface area contributed by atoms with Crippen LogP contribution in [0.15, 0.2) is 36.5 Å².